The van der Waals surface area contributed by atoms with Crippen molar-refractivity contribution in [1.82, 2.24) is 5.32 Å². The number of carbonyl (C=O) groups excluding carboxylic acids is 1. The number of fused-ring (bicyclic) bond motifs is 1. The van der Waals surface area contributed by atoms with Crippen LogP contribution in [-0.2, 0) is 11.3 Å². The summed E-state index contributed by atoms with van der Waals surface area (Å²) in [6, 6.07) is 4.25. The lowest BCUT2D eigenvalue weighted by Gasteiger charge is -2.01. The van der Waals surface area contributed by atoms with Crippen molar-refractivity contribution < 1.29 is 9.18 Å². The summed E-state index contributed by atoms with van der Waals surface area (Å²) in [7, 11) is 0. The molecule has 0 fully saturated rings. The topological polar surface area (TPSA) is 29.1 Å². The molecule has 3 heteroatoms. The van der Waals surface area contributed by atoms with E-state index in [1.165, 1.54) is 12.1 Å². The van der Waals surface area contributed by atoms with Gasteiger partial charge in [0.05, 0.1) is 6.04 Å². The quantitative estimate of drug-likeness (QED) is 0.633. The van der Waals surface area contributed by atoms with Crippen molar-refractivity contribution in [3.63, 3.8) is 0 Å². The van der Waals surface area contributed by atoms with Crippen LogP contribution in [0.25, 0.3) is 0 Å². The monoisotopic (exact) mass is 165 g/mol. The van der Waals surface area contributed by atoms with Crippen molar-refractivity contribution >= 4 is 6.29 Å². The van der Waals surface area contributed by atoms with Gasteiger partial charge in [-0.2, -0.15) is 0 Å². The first kappa shape index (κ1) is 7.43. The average molecular weight is 165 g/mol. The van der Waals surface area contributed by atoms with Gasteiger partial charge in [0.1, 0.15) is 12.1 Å². The molecule has 2 nitrogen and oxygen atoms in total. The molecule has 0 saturated heterocycles. The minimum Gasteiger partial charge on any atom is -0.301 e. The summed E-state index contributed by atoms with van der Waals surface area (Å²) in [5.74, 6) is -0.248. The van der Waals surface area contributed by atoms with Crippen LogP contribution in [0.4, 0.5) is 4.39 Å². The molecule has 0 spiro atoms. The van der Waals surface area contributed by atoms with Gasteiger partial charge >= 0.3 is 0 Å². The van der Waals surface area contributed by atoms with E-state index in [2.05, 4.69) is 5.32 Å². The van der Waals surface area contributed by atoms with Crippen molar-refractivity contribution in [2.75, 3.05) is 0 Å². The maximum absolute atomic E-state index is 12.7. The smallest absolute Gasteiger partial charge is 0.141 e. The van der Waals surface area contributed by atoms with E-state index in [0.717, 1.165) is 17.4 Å². The Bertz CT molecular complexity index is 324. The fourth-order valence-corrected chi connectivity index (χ4v) is 1.48. The Morgan fingerprint density at radius 1 is 1.58 bits per heavy atom. The van der Waals surface area contributed by atoms with E-state index >= 15 is 0 Å². The van der Waals surface area contributed by atoms with Crippen LogP contribution >= 0.6 is 0 Å². The number of rotatable bonds is 1. The molecule has 1 N–H and O–H groups in total. The van der Waals surface area contributed by atoms with Crippen LogP contribution < -0.4 is 5.32 Å². The summed E-state index contributed by atoms with van der Waals surface area (Å²) >= 11 is 0. The second-order valence-corrected chi connectivity index (χ2v) is 2.84. The summed E-state index contributed by atoms with van der Waals surface area (Å²) in [4.78, 5) is 10.5. The minimum atomic E-state index is -0.249. The number of benzene rings is 1. The molecule has 2 rings (SSSR count). The highest BCUT2D eigenvalue weighted by Crippen LogP contribution is 2.23. The molecule has 1 aliphatic rings. The lowest BCUT2D eigenvalue weighted by Crippen LogP contribution is -2.12. The summed E-state index contributed by atoms with van der Waals surface area (Å²) in [6.45, 7) is 0.580. The van der Waals surface area contributed by atoms with Crippen molar-refractivity contribution in [3.05, 3.63) is 35.1 Å². The zero-order valence-electron chi connectivity index (χ0n) is 6.38. The highest BCUT2D eigenvalue weighted by molar-refractivity contribution is 5.64. The van der Waals surface area contributed by atoms with E-state index in [-0.39, 0.29) is 11.9 Å². The summed E-state index contributed by atoms with van der Waals surface area (Å²) in [5, 5.41) is 2.96. The second kappa shape index (κ2) is 2.68. The number of aldehydes is 1. The molecule has 1 heterocycles. The molecule has 1 aromatic rings. The van der Waals surface area contributed by atoms with Crippen LogP contribution in [0.1, 0.15) is 17.2 Å². The van der Waals surface area contributed by atoms with Gasteiger partial charge in [-0.3, -0.25) is 5.32 Å². The fraction of sp³-hybridized carbons (Fsp3) is 0.222. The van der Waals surface area contributed by atoms with Gasteiger partial charge in [-0.15, -0.1) is 0 Å². The molecule has 62 valence electrons. The fourth-order valence-electron chi connectivity index (χ4n) is 1.48. The SMILES string of the molecule is O=CC1NCc2cc(F)ccc21. The Kier molecular flexibility index (Phi) is 1.66. The predicted octanol–water partition coefficient (Wildman–Crippen LogP) is 1.17. The molecular weight excluding hydrogens is 157 g/mol. The van der Waals surface area contributed by atoms with Gasteiger partial charge in [-0.05, 0) is 23.3 Å². The van der Waals surface area contributed by atoms with Crippen LogP contribution in [0.3, 0.4) is 0 Å². The molecule has 1 unspecified atom stereocenters. The zero-order chi connectivity index (χ0) is 8.55. The minimum absolute atomic E-state index is 0.248. The van der Waals surface area contributed by atoms with Crippen molar-refractivity contribution in [2.45, 2.75) is 12.6 Å². The molecule has 1 aromatic carbocycles. The highest BCUT2D eigenvalue weighted by atomic mass is 19.1. The summed E-state index contributed by atoms with van der Waals surface area (Å²) < 4.78 is 12.7. The lowest BCUT2D eigenvalue weighted by atomic mass is 10.1. The van der Waals surface area contributed by atoms with E-state index in [0.29, 0.717) is 6.54 Å². The standard InChI is InChI=1S/C9H8FNO/c10-7-1-2-8-6(3-7)4-11-9(8)5-12/h1-3,5,9,11H,4H2. The normalized spacial score (nSPS) is 20.6. The Morgan fingerprint density at radius 2 is 2.42 bits per heavy atom. The van der Waals surface area contributed by atoms with Crippen LogP contribution in [0, 0.1) is 5.82 Å². The van der Waals surface area contributed by atoms with E-state index in [9.17, 15) is 9.18 Å². The maximum atomic E-state index is 12.7. The number of nitrogens with one attached hydrogen (secondary N) is 1. The molecule has 0 bridgehead atoms. The van der Waals surface area contributed by atoms with E-state index in [1.807, 2.05) is 0 Å². The molecule has 1 aliphatic heterocycles. The number of carbonyl (C=O) groups is 1. The van der Waals surface area contributed by atoms with Crippen molar-refractivity contribution in [3.8, 4) is 0 Å². The van der Waals surface area contributed by atoms with Crippen LogP contribution in [-0.4, -0.2) is 6.29 Å². The Balaban J connectivity index is 2.47. The Labute approximate surface area is 69.4 Å². The third-order valence-electron chi connectivity index (χ3n) is 2.09. The van der Waals surface area contributed by atoms with Gasteiger partial charge in [0.15, 0.2) is 0 Å². The number of hydrogen-bond donors (Lipinski definition) is 1. The van der Waals surface area contributed by atoms with Crippen molar-refractivity contribution in [2.24, 2.45) is 0 Å². The lowest BCUT2D eigenvalue weighted by molar-refractivity contribution is -0.109. The highest BCUT2D eigenvalue weighted by Gasteiger charge is 2.20. The number of halogens is 1. The molecule has 0 aromatic heterocycles. The molecule has 12 heavy (non-hydrogen) atoms. The molecule has 1 atom stereocenters. The Morgan fingerprint density at radius 3 is 3.17 bits per heavy atom. The van der Waals surface area contributed by atoms with Gasteiger partial charge in [-0.1, -0.05) is 6.07 Å². The number of hydrogen-bond acceptors (Lipinski definition) is 2. The zero-order valence-corrected chi connectivity index (χ0v) is 6.38. The van der Waals surface area contributed by atoms with Crippen LogP contribution in [0.5, 0.6) is 0 Å². The van der Waals surface area contributed by atoms with Gasteiger partial charge in [-0.25, -0.2) is 4.39 Å². The van der Waals surface area contributed by atoms with Crippen molar-refractivity contribution in [1.29, 1.82) is 0 Å². The molecule has 0 aliphatic carbocycles. The average Bonchev–Trinajstić information content (AvgIpc) is 2.46. The first-order valence-electron chi connectivity index (χ1n) is 3.78. The molecule has 0 amide bonds. The molecule has 0 radical (unpaired) electrons. The van der Waals surface area contributed by atoms with E-state index < -0.39 is 0 Å². The van der Waals surface area contributed by atoms with E-state index in [1.54, 1.807) is 6.07 Å². The summed E-state index contributed by atoms with van der Waals surface area (Å²) in [6.07, 6.45) is 0.837. The van der Waals surface area contributed by atoms with E-state index in [4.69, 9.17) is 0 Å². The predicted molar refractivity (Wildman–Crippen MR) is 42.0 cm³/mol. The first-order chi connectivity index (χ1) is 5.81. The third-order valence-corrected chi connectivity index (χ3v) is 2.09. The van der Waals surface area contributed by atoms with Gasteiger partial charge < -0.3 is 4.79 Å². The van der Waals surface area contributed by atoms with Crippen LogP contribution in [0.2, 0.25) is 0 Å². The maximum Gasteiger partial charge on any atom is 0.141 e. The second-order valence-electron chi connectivity index (χ2n) is 2.84. The van der Waals surface area contributed by atoms with Crippen LogP contribution in [0.15, 0.2) is 18.2 Å². The van der Waals surface area contributed by atoms with Gasteiger partial charge in [0.2, 0.25) is 0 Å². The largest absolute Gasteiger partial charge is 0.301 e. The first-order valence-corrected chi connectivity index (χ1v) is 3.78. The third kappa shape index (κ3) is 1.02. The van der Waals surface area contributed by atoms with Gasteiger partial charge in [0, 0.05) is 6.54 Å². The molecular formula is C9H8FNO. The van der Waals surface area contributed by atoms with Gasteiger partial charge in [0.25, 0.3) is 0 Å². The Hall–Kier alpha value is -1.22. The summed E-state index contributed by atoms with van der Waals surface area (Å²) in [5.41, 5.74) is 1.78. The molecule has 0 saturated carbocycles.